The summed E-state index contributed by atoms with van der Waals surface area (Å²) in [5.41, 5.74) is 0.939. The first kappa shape index (κ1) is 17.2. The van der Waals surface area contributed by atoms with Crippen LogP contribution < -0.4 is 5.32 Å². The summed E-state index contributed by atoms with van der Waals surface area (Å²) in [6.07, 6.45) is 6.36. The minimum Gasteiger partial charge on any atom is -0.369 e. The zero-order valence-corrected chi connectivity index (χ0v) is 15.4. The molecule has 3 fully saturated rings. The molecular weight excluding hydrogens is 364 g/mol. The minimum absolute atomic E-state index is 0.111. The standard InChI is InChI=1S/C18H20N6O4/c1-10-4-20-13(6-19-10)16(25)21-5-11-12-8-24(17(26)14-7-22-28-23-14)9-18(12)3-2-15(11)27-18/h4,6-7,11-12,15H,2-3,5,8-9H2,1H3,(H,21,25)/t11-,12+,15+,18+/m0/s1. The third kappa shape index (κ3) is 2.67. The van der Waals surface area contributed by atoms with Crippen molar-refractivity contribution in [3.63, 3.8) is 0 Å². The third-order valence-corrected chi connectivity index (χ3v) is 6.16. The molecule has 5 rings (SSSR count). The second-order valence-electron chi connectivity index (χ2n) is 7.76. The lowest BCUT2D eigenvalue weighted by atomic mass is 9.73. The van der Waals surface area contributed by atoms with Crippen molar-refractivity contribution in [2.45, 2.75) is 31.5 Å². The zero-order chi connectivity index (χ0) is 19.3. The number of aromatic nitrogens is 4. The van der Waals surface area contributed by atoms with Gasteiger partial charge in [0.05, 0.1) is 30.1 Å². The van der Waals surface area contributed by atoms with Crippen molar-refractivity contribution in [3.8, 4) is 0 Å². The average molecular weight is 384 g/mol. The molecule has 1 spiro atoms. The van der Waals surface area contributed by atoms with Gasteiger partial charge >= 0.3 is 0 Å². The fourth-order valence-corrected chi connectivity index (χ4v) is 4.85. The Morgan fingerprint density at radius 1 is 1.29 bits per heavy atom. The highest BCUT2D eigenvalue weighted by Gasteiger charge is 2.63. The number of likely N-dealkylation sites (tertiary alicyclic amines) is 1. The fourth-order valence-electron chi connectivity index (χ4n) is 4.85. The number of nitrogens with zero attached hydrogens (tertiary/aromatic N) is 5. The van der Waals surface area contributed by atoms with E-state index in [-0.39, 0.29) is 41.0 Å². The minimum atomic E-state index is -0.323. The lowest BCUT2D eigenvalue weighted by molar-refractivity contribution is 0.00306. The number of amides is 2. The second-order valence-corrected chi connectivity index (χ2v) is 7.76. The summed E-state index contributed by atoms with van der Waals surface area (Å²) < 4.78 is 10.9. The third-order valence-electron chi connectivity index (χ3n) is 6.16. The van der Waals surface area contributed by atoms with Crippen molar-refractivity contribution in [2.24, 2.45) is 11.8 Å². The quantitative estimate of drug-likeness (QED) is 0.794. The van der Waals surface area contributed by atoms with Gasteiger partial charge in [0, 0.05) is 31.1 Å². The Morgan fingerprint density at radius 3 is 2.93 bits per heavy atom. The summed E-state index contributed by atoms with van der Waals surface area (Å²) in [6, 6.07) is 0. The summed E-state index contributed by atoms with van der Waals surface area (Å²) in [6.45, 7) is 3.42. The predicted octanol–water partition coefficient (Wildman–Crippen LogP) is 0.218. The first-order valence-corrected chi connectivity index (χ1v) is 9.37. The normalized spacial score (nSPS) is 30.5. The number of carbonyl (C=O) groups excluding carboxylic acids is 2. The highest BCUT2D eigenvalue weighted by molar-refractivity contribution is 5.92. The molecule has 3 aliphatic rings. The lowest BCUT2D eigenvalue weighted by Gasteiger charge is -2.29. The Bertz CT molecular complexity index is 901. The Balaban J connectivity index is 1.27. The summed E-state index contributed by atoms with van der Waals surface area (Å²) in [5, 5.41) is 10.1. The maximum Gasteiger partial charge on any atom is 0.277 e. The molecule has 0 aromatic carbocycles. The molecular formula is C18H20N6O4. The van der Waals surface area contributed by atoms with Gasteiger partial charge < -0.3 is 15.0 Å². The van der Waals surface area contributed by atoms with E-state index in [0.29, 0.717) is 25.3 Å². The molecule has 4 atom stereocenters. The molecule has 10 heteroatoms. The summed E-state index contributed by atoms with van der Waals surface area (Å²) in [7, 11) is 0. The molecule has 2 bridgehead atoms. The number of hydrogen-bond donors (Lipinski definition) is 1. The van der Waals surface area contributed by atoms with Crippen molar-refractivity contribution in [1.29, 1.82) is 0 Å². The van der Waals surface area contributed by atoms with Crippen LogP contribution in [0.2, 0.25) is 0 Å². The van der Waals surface area contributed by atoms with Crippen molar-refractivity contribution in [3.05, 3.63) is 35.7 Å². The number of ether oxygens (including phenoxy) is 1. The van der Waals surface area contributed by atoms with E-state index >= 15 is 0 Å². The van der Waals surface area contributed by atoms with E-state index in [2.05, 4.69) is 30.2 Å². The Labute approximate surface area is 160 Å². The largest absolute Gasteiger partial charge is 0.369 e. The molecule has 0 saturated carbocycles. The molecule has 1 N–H and O–H groups in total. The van der Waals surface area contributed by atoms with Crippen LogP contribution in [-0.4, -0.2) is 68.3 Å². The molecule has 2 aromatic rings. The van der Waals surface area contributed by atoms with E-state index in [9.17, 15) is 9.59 Å². The molecule has 2 aromatic heterocycles. The molecule has 3 saturated heterocycles. The van der Waals surface area contributed by atoms with Gasteiger partial charge in [-0.3, -0.25) is 14.6 Å². The van der Waals surface area contributed by atoms with Gasteiger partial charge in [-0.15, -0.1) is 0 Å². The number of fused-ring (bicyclic) bond motifs is 1. The monoisotopic (exact) mass is 384 g/mol. The van der Waals surface area contributed by atoms with E-state index < -0.39 is 0 Å². The Kier molecular flexibility index (Phi) is 3.90. The van der Waals surface area contributed by atoms with E-state index in [1.165, 1.54) is 12.4 Å². The van der Waals surface area contributed by atoms with Gasteiger partial charge in [-0.25, -0.2) is 9.61 Å². The van der Waals surface area contributed by atoms with Gasteiger partial charge in [-0.05, 0) is 24.9 Å². The Morgan fingerprint density at radius 2 is 2.18 bits per heavy atom. The highest BCUT2D eigenvalue weighted by Crippen LogP contribution is 2.54. The van der Waals surface area contributed by atoms with Gasteiger partial charge in [0.2, 0.25) is 0 Å². The number of rotatable bonds is 4. The highest BCUT2D eigenvalue weighted by atomic mass is 16.6. The van der Waals surface area contributed by atoms with Crippen LogP contribution in [0.1, 0.15) is 39.5 Å². The van der Waals surface area contributed by atoms with Crippen molar-refractivity contribution in [2.75, 3.05) is 19.6 Å². The van der Waals surface area contributed by atoms with E-state index in [0.717, 1.165) is 18.5 Å². The summed E-state index contributed by atoms with van der Waals surface area (Å²) in [4.78, 5) is 35.0. The zero-order valence-electron chi connectivity index (χ0n) is 15.4. The van der Waals surface area contributed by atoms with Crippen LogP contribution >= 0.6 is 0 Å². The van der Waals surface area contributed by atoms with Crippen molar-refractivity contribution in [1.82, 2.24) is 30.5 Å². The molecule has 3 aliphatic heterocycles. The Hall–Kier alpha value is -2.88. The lowest BCUT2D eigenvalue weighted by Crippen LogP contribution is -2.42. The van der Waals surface area contributed by atoms with Crippen LogP contribution in [0.5, 0.6) is 0 Å². The van der Waals surface area contributed by atoms with E-state index in [1.807, 2.05) is 6.92 Å². The molecule has 0 aliphatic carbocycles. The van der Waals surface area contributed by atoms with Gasteiger partial charge in [0.15, 0.2) is 5.69 Å². The summed E-state index contributed by atoms with van der Waals surface area (Å²) in [5.74, 6) is -0.109. The first-order valence-electron chi connectivity index (χ1n) is 9.37. The average Bonchev–Trinajstić information content (AvgIpc) is 3.46. The molecule has 28 heavy (non-hydrogen) atoms. The van der Waals surface area contributed by atoms with Crippen LogP contribution in [-0.2, 0) is 4.74 Å². The van der Waals surface area contributed by atoms with Gasteiger partial charge in [0.1, 0.15) is 11.9 Å². The number of hydrogen-bond acceptors (Lipinski definition) is 8. The van der Waals surface area contributed by atoms with Gasteiger partial charge in [-0.2, -0.15) is 0 Å². The molecule has 10 nitrogen and oxygen atoms in total. The number of aryl methyl sites for hydroxylation is 1. The van der Waals surface area contributed by atoms with Crippen LogP contribution in [0.3, 0.4) is 0 Å². The van der Waals surface area contributed by atoms with Crippen LogP contribution in [0.15, 0.2) is 23.2 Å². The second kappa shape index (κ2) is 6.33. The molecule has 5 heterocycles. The fraction of sp³-hybridized carbons (Fsp3) is 0.556. The molecule has 146 valence electrons. The van der Waals surface area contributed by atoms with Crippen LogP contribution in [0, 0.1) is 18.8 Å². The number of carbonyl (C=O) groups is 2. The van der Waals surface area contributed by atoms with Gasteiger partial charge in [-0.1, -0.05) is 5.16 Å². The maximum absolute atomic E-state index is 12.6. The van der Waals surface area contributed by atoms with Crippen molar-refractivity contribution < 1.29 is 19.0 Å². The molecule has 0 radical (unpaired) electrons. The first-order chi connectivity index (χ1) is 13.6. The predicted molar refractivity (Wildman–Crippen MR) is 93.1 cm³/mol. The van der Waals surface area contributed by atoms with E-state index in [4.69, 9.17) is 4.74 Å². The van der Waals surface area contributed by atoms with E-state index in [1.54, 1.807) is 11.1 Å². The number of nitrogens with one attached hydrogen (secondary N) is 1. The SMILES string of the molecule is Cc1cnc(C(=O)NC[C@H]2[C@H]3CN(C(=O)c4cnon4)C[C@]34CC[C@H]2O4)cn1. The summed E-state index contributed by atoms with van der Waals surface area (Å²) >= 11 is 0. The van der Waals surface area contributed by atoms with Crippen molar-refractivity contribution >= 4 is 11.8 Å². The topological polar surface area (TPSA) is 123 Å². The van der Waals surface area contributed by atoms with Gasteiger partial charge in [0.25, 0.3) is 11.8 Å². The molecule has 0 unspecified atom stereocenters. The van der Waals surface area contributed by atoms with Crippen LogP contribution in [0.4, 0.5) is 0 Å². The molecule has 2 amide bonds. The van der Waals surface area contributed by atoms with Crippen LogP contribution in [0.25, 0.3) is 0 Å². The maximum atomic E-state index is 12.6. The smallest absolute Gasteiger partial charge is 0.277 e.